The Kier molecular flexibility index (Phi) is 8.20. The molecule has 0 radical (unpaired) electrons. The van der Waals surface area contributed by atoms with Crippen LogP contribution in [0.4, 0.5) is 4.39 Å². The number of hydrogen-bond acceptors (Lipinski definition) is 4. The SMILES string of the molecule is O=C(O)CCc1cc(CCNS(=O)(=O)c2ccc(Cl)cc2)cc(C(O)c2ccc(F)cc2)c1. The Balaban J connectivity index is 1.78. The smallest absolute Gasteiger partial charge is 0.303 e. The molecule has 0 spiro atoms. The third-order valence-corrected chi connectivity index (χ3v) is 6.76. The Morgan fingerprint density at radius 2 is 1.55 bits per heavy atom. The first-order chi connectivity index (χ1) is 15.6. The topological polar surface area (TPSA) is 104 Å². The minimum absolute atomic E-state index is 0.0846. The number of sulfonamides is 1. The van der Waals surface area contributed by atoms with Crippen molar-refractivity contribution in [2.75, 3.05) is 6.54 Å². The van der Waals surface area contributed by atoms with Crippen molar-refractivity contribution < 1.29 is 27.8 Å². The lowest BCUT2D eigenvalue weighted by molar-refractivity contribution is -0.136. The van der Waals surface area contributed by atoms with Gasteiger partial charge in [0.05, 0.1) is 4.90 Å². The number of aliphatic hydroxyl groups is 1. The van der Waals surface area contributed by atoms with Crippen LogP contribution in [-0.4, -0.2) is 31.1 Å². The van der Waals surface area contributed by atoms with Crippen molar-refractivity contribution >= 4 is 27.6 Å². The molecule has 1 unspecified atom stereocenters. The molecule has 0 aliphatic carbocycles. The van der Waals surface area contributed by atoms with Gasteiger partial charge in [-0.25, -0.2) is 17.5 Å². The molecule has 33 heavy (non-hydrogen) atoms. The Morgan fingerprint density at radius 3 is 2.15 bits per heavy atom. The second-order valence-corrected chi connectivity index (χ2v) is 9.74. The van der Waals surface area contributed by atoms with Crippen molar-refractivity contribution in [1.82, 2.24) is 4.72 Å². The van der Waals surface area contributed by atoms with Crippen LogP contribution in [0.25, 0.3) is 0 Å². The quantitative estimate of drug-likeness (QED) is 0.396. The first-order valence-electron chi connectivity index (χ1n) is 10.2. The van der Waals surface area contributed by atoms with Crippen molar-refractivity contribution in [3.63, 3.8) is 0 Å². The van der Waals surface area contributed by atoms with Gasteiger partial charge in [0.25, 0.3) is 0 Å². The molecule has 0 bridgehead atoms. The van der Waals surface area contributed by atoms with Gasteiger partial charge in [-0.3, -0.25) is 4.79 Å². The number of hydrogen-bond donors (Lipinski definition) is 3. The van der Waals surface area contributed by atoms with E-state index in [1.807, 2.05) is 0 Å². The van der Waals surface area contributed by atoms with E-state index in [1.165, 1.54) is 48.5 Å². The monoisotopic (exact) mass is 491 g/mol. The number of nitrogens with one attached hydrogen (secondary N) is 1. The molecule has 0 saturated heterocycles. The molecule has 0 fully saturated rings. The summed E-state index contributed by atoms with van der Waals surface area (Å²) in [5, 5.41) is 20.2. The van der Waals surface area contributed by atoms with Gasteiger partial charge in [0.2, 0.25) is 10.0 Å². The zero-order valence-electron chi connectivity index (χ0n) is 17.5. The van der Waals surface area contributed by atoms with Crippen LogP contribution in [0, 0.1) is 5.82 Å². The van der Waals surface area contributed by atoms with Gasteiger partial charge in [0, 0.05) is 18.0 Å². The van der Waals surface area contributed by atoms with Gasteiger partial charge in [-0.05, 0) is 71.5 Å². The van der Waals surface area contributed by atoms with Crippen molar-refractivity contribution in [1.29, 1.82) is 0 Å². The van der Waals surface area contributed by atoms with Gasteiger partial charge in [-0.1, -0.05) is 41.9 Å². The van der Waals surface area contributed by atoms with Crippen LogP contribution in [0.15, 0.2) is 71.6 Å². The average molecular weight is 492 g/mol. The molecule has 3 aromatic rings. The zero-order valence-corrected chi connectivity index (χ0v) is 19.1. The standard InChI is InChI=1S/C24H23ClFNO5S/c25-20-4-8-22(9-5-20)33(31,32)27-12-11-17-13-16(1-10-23(28)29)14-19(15-17)24(30)18-2-6-21(26)7-3-18/h2-9,13-15,24,27,30H,1,10-12H2,(H,28,29). The predicted molar refractivity (Wildman–Crippen MR) is 123 cm³/mol. The van der Waals surface area contributed by atoms with Gasteiger partial charge in [-0.2, -0.15) is 0 Å². The molecule has 3 aromatic carbocycles. The Morgan fingerprint density at radius 1 is 0.939 bits per heavy atom. The number of aryl methyl sites for hydroxylation is 1. The second kappa shape index (κ2) is 10.9. The number of rotatable bonds is 10. The minimum Gasteiger partial charge on any atom is -0.481 e. The molecule has 0 heterocycles. The Bertz CT molecular complexity index is 1210. The molecule has 6 nitrogen and oxygen atoms in total. The molecular formula is C24H23ClFNO5S. The molecule has 0 amide bonds. The third kappa shape index (κ3) is 7.10. The van der Waals surface area contributed by atoms with Crippen LogP contribution < -0.4 is 4.72 Å². The molecule has 3 rings (SSSR count). The zero-order chi connectivity index (χ0) is 24.0. The van der Waals surface area contributed by atoms with E-state index >= 15 is 0 Å². The largest absolute Gasteiger partial charge is 0.481 e. The summed E-state index contributed by atoms with van der Waals surface area (Å²) in [6, 6.07) is 16.5. The molecule has 174 valence electrons. The number of aliphatic carboxylic acids is 1. The molecule has 0 aliphatic rings. The van der Waals surface area contributed by atoms with E-state index in [-0.39, 0.29) is 24.3 Å². The first kappa shape index (κ1) is 24.9. The number of carbonyl (C=O) groups is 1. The van der Waals surface area contributed by atoms with Gasteiger partial charge in [0.15, 0.2) is 0 Å². The van der Waals surface area contributed by atoms with E-state index in [2.05, 4.69) is 4.72 Å². The van der Waals surface area contributed by atoms with Crippen LogP contribution in [0.3, 0.4) is 0 Å². The Labute approximate surface area is 196 Å². The molecule has 0 saturated carbocycles. The third-order valence-electron chi connectivity index (χ3n) is 5.03. The fraction of sp³-hybridized carbons (Fsp3) is 0.208. The number of halogens is 2. The number of benzene rings is 3. The van der Waals surface area contributed by atoms with Crippen LogP contribution in [0.2, 0.25) is 5.02 Å². The summed E-state index contributed by atoms with van der Waals surface area (Å²) in [5.41, 5.74) is 2.43. The van der Waals surface area contributed by atoms with E-state index < -0.39 is 27.9 Å². The molecule has 0 aliphatic heterocycles. The molecular weight excluding hydrogens is 469 g/mol. The number of carboxylic acid groups (broad SMARTS) is 1. The highest BCUT2D eigenvalue weighted by atomic mass is 35.5. The lowest BCUT2D eigenvalue weighted by Crippen LogP contribution is -2.26. The highest BCUT2D eigenvalue weighted by molar-refractivity contribution is 7.89. The normalized spacial score (nSPS) is 12.5. The van der Waals surface area contributed by atoms with Crippen LogP contribution in [0.1, 0.15) is 34.8 Å². The summed E-state index contributed by atoms with van der Waals surface area (Å²) in [4.78, 5) is 11.1. The van der Waals surface area contributed by atoms with E-state index in [9.17, 15) is 22.7 Å². The lowest BCUT2D eigenvalue weighted by Gasteiger charge is -2.16. The average Bonchev–Trinajstić information content (AvgIpc) is 2.78. The molecule has 3 N–H and O–H groups in total. The highest BCUT2D eigenvalue weighted by Gasteiger charge is 2.16. The summed E-state index contributed by atoms with van der Waals surface area (Å²) in [5.74, 6) is -1.37. The lowest BCUT2D eigenvalue weighted by atomic mass is 9.95. The minimum atomic E-state index is -3.72. The van der Waals surface area contributed by atoms with Crippen LogP contribution in [-0.2, 0) is 27.7 Å². The second-order valence-electron chi connectivity index (χ2n) is 7.53. The van der Waals surface area contributed by atoms with E-state index in [0.29, 0.717) is 28.1 Å². The first-order valence-corrected chi connectivity index (χ1v) is 12.0. The fourth-order valence-corrected chi connectivity index (χ4v) is 4.51. The van der Waals surface area contributed by atoms with E-state index in [4.69, 9.17) is 16.7 Å². The summed E-state index contributed by atoms with van der Waals surface area (Å²) < 4.78 is 40.7. The van der Waals surface area contributed by atoms with Crippen molar-refractivity contribution in [3.8, 4) is 0 Å². The van der Waals surface area contributed by atoms with Crippen molar-refractivity contribution in [2.24, 2.45) is 0 Å². The van der Waals surface area contributed by atoms with Crippen LogP contribution >= 0.6 is 11.6 Å². The van der Waals surface area contributed by atoms with Crippen LogP contribution in [0.5, 0.6) is 0 Å². The summed E-state index contributed by atoms with van der Waals surface area (Å²) in [6.07, 6.45) is -0.557. The summed E-state index contributed by atoms with van der Waals surface area (Å²) in [7, 11) is -3.72. The van der Waals surface area contributed by atoms with E-state index in [1.54, 1.807) is 18.2 Å². The van der Waals surface area contributed by atoms with Gasteiger partial charge < -0.3 is 10.2 Å². The fourth-order valence-electron chi connectivity index (χ4n) is 3.35. The molecule has 1 atom stereocenters. The maximum absolute atomic E-state index is 13.2. The van der Waals surface area contributed by atoms with Crippen molar-refractivity contribution in [3.05, 3.63) is 99.8 Å². The summed E-state index contributed by atoms with van der Waals surface area (Å²) in [6.45, 7) is 0.0967. The number of aliphatic hydroxyl groups excluding tert-OH is 1. The summed E-state index contributed by atoms with van der Waals surface area (Å²) >= 11 is 5.81. The highest BCUT2D eigenvalue weighted by Crippen LogP contribution is 2.25. The van der Waals surface area contributed by atoms with Gasteiger partial charge in [-0.15, -0.1) is 0 Å². The van der Waals surface area contributed by atoms with E-state index in [0.717, 1.165) is 5.56 Å². The Hall–Kier alpha value is -2.78. The van der Waals surface area contributed by atoms with Gasteiger partial charge >= 0.3 is 5.97 Å². The maximum atomic E-state index is 13.2. The molecule has 9 heteroatoms. The maximum Gasteiger partial charge on any atom is 0.303 e. The predicted octanol–water partition coefficient (Wildman–Crippen LogP) is 4.10. The number of carboxylic acids is 1. The molecule has 0 aromatic heterocycles. The van der Waals surface area contributed by atoms with Crippen molar-refractivity contribution in [2.45, 2.75) is 30.3 Å². The van der Waals surface area contributed by atoms with Gasteiger partial charge in [0.1, 0.15) is 11.9 Å².